The van der Waals surface area contributed by atoms with Crippen molar-refractivity contribution in [2.75, 3.05) is 23.0 Å². The Morgan fingerprint density at radius 2 is 2.04 bits per heavy atom. The molecule has 7 nitrogen and oxygen atoms in total. The van der Waals surface area contributed by atoms with Gasteiger partial charge in [-0.1, -0.05) is 0 Å². The summed E-state index contributed by atoms with van der Waals surface area (Å²) >= 11 is 1.65. The van der Waals surface area contributed by atoms with E-state index in [2.05, 4.69) is 15.4 Å². The van der Waals surface area contributed by atoms with Crippen LogP contribution in [0.15, 0.2) is 66.0 Å². The highest BCUT2D eigenvalue weighted by atomic mass is 32.2. The molecule has 1 N–H and O–H groups in total. The number of hydrogen-bond acceptors (Lipinski definition) is 5. The SMILES string of the molecule is CSc1ccc(N2CC(C(=O)Nc3ccc(-n4cccn4)nc3)CC2=O)cc1. The summed E-state index contributed by atoms with van der Waals surface area (Å²) in [7, 11) is 0. The van der Waals surface area contributed by atoms with Crippen molar-refractivity contribution in [2.24, 2.45) is 5.92 Å². The summed E-state index contributed by atoms with van der Waals surface area (Å²) < 4.78 is 1.64. The van der Waals surface area contributed by atoms with Gasteiger partial charge in [-0.2, -0.15) is 5.10 Å². The van der Waals surface area contributed by atoms with Crippen molar-refractivity contribution in [3.8, 4) is 5.82 Å². The Hall–Kier alpha value is -3.13. The second-order valence-electron chi connectivity index (χ2n) is 6.45. The van der Waals surface area contributed by atoms with E-state index in [-0.39, 0.29) is 18.2 Å². The summed E-state index contributed by atoms with van der Waals surface area (Å²) in [5, 5.41) is 6.97. The molecule has 1 unspecified atom stereocenters. The van der Waals surface area contributed by atoms with Crippen LogP contribution in [-0.4, -0.2) is 39.4 Å². The molecule has 28 heavy (non-hydrogen) atoms. The number of anilines is 2. The molecule has 142 valence electrons. The molecule has 8 heteroatoms. The molecule has 1 aliphatic heterocycles. The minimum Gasteiger partial charge on any atom is -0.324 e. The van der Waals surface area contributed by atoms with E-state index in [1.807, 2.05) is 36.6 Å². The summed E-state index contributed by atoms with van der Waals surface area (Å²) in [6.07, 6.45) is 7.27. The van der Waals surface area contributed by atoms with Crippen LogP contribution in [0.3, 0.4) is 0 Å². The molecule has 2 aromatic heterocycles. The lowest BCUT2D eigenvalue weighted by atomic mass is 10.1. The van der Waals surface area contributed by atoms with Crippen LogP contribution in [0.5, 0.6) is 0 Å². The molecule has 1 fully saturated rings. The third-order valence-corrected chi connectivity index (χ3v) is 5.38. The molecule has 0 bridgehead atoms. The molecule has 0 spiro atoms. The zero-order valence-corrected chi connectivity index (χ0v) is 16.1. The van der Waals surface area contributed by atoms with Gasteiger partial charge in [-0.15, -0.1) is 11.8 Å². The van der Waals surface area contributed by atoms with Crippen molar-refractivity contribution < 1.29 is 9.59 Å². The average molecular weight is 393 g/mol. The van der Waals surface area contributed by atoms with Crippen LogP contribution in [0, 0.1) is 5.92 Å². The van der Waals surface area contributed by atoms with E-state index in [1.165, 1.54) is 0 Å². The van der Waals surface area contributed by atoms with E-state index >= 15 is 0 Å². The van der Waals surface area contributed by atoms with Gasteiger partial charge in [0.25, 0.3) is 0 Å². The first-order chi connectivity index (χ1) is 13.6. The minimum atomic E-state index is -0.390. The standard InChI is InChI=1S/C20H19N5O2S/c1-28-17-6-4-16(5-7-17)24-13-14(11-19(24)26)20(27)23-15-3-8-18(21-12-15)25-10-2-9-22-25/h2-10,12,14H,11,13H2,1H3,(H,23,27). The fraction of sp³-hybridized carbons (Fsp3) is 0.200. The van der Waals surface area contributed by atoms with E-state index in [0.29, 0.717) is 18.1 Å². The molecule has 1 atom stereocenters. The highest BCUT2D eigenvalue weighted by Crippen LogP contribution is 2.27. The van der Waals surface area contributed by atoms with Gasteiger partial charge in [0.1, 0.15) is 0 Å². The van der Waals surface area contributed by atoms with Crippen LogP contribution in [0.2, 0.25) is 0 Å². The number of aromatic nitrogens is 3. The van der Waals surface area contributed by atoms with E-state index in [9.17, 15) is 9.59 Å². The Kier molecular flexibility index (Phi) is 5.12. The summed E-state index contributed by atoms with van der Waals surface area (Å²) in [4.78, 5) is 32.1. The highest BCUT2D eigenvalue weighted by Gasteiger charge is 2.35. The van der Waals surface area contributed by atoms with E-state index < -0.39 is 5.92 Å². The summed E-state index contributed by atoms with van der Waals surface area (Å²) in [6.45, 7) is 0.377. The third-order valence-electron chi connectivity index (χ3n) is 4.63. The fourth-order valence-corrected chi connectivity index (χ4v) is 3.55. The first-order valence-electron chi connectivity index (χ1n) is 8.85. The van der Waals surface area contributed by atoms with Crippen molar-refractivity contribution in [3.63, 3.8) is 0 Å². The number of hydrogen-bond donors (Lipinski definition) is 1. The van der Waals surface area contributed by atoms with Gasteiger partial charge in [0.15, 0.2) is 5.82 Å². The van der Waals surface area contributed by atoms with Crippen LogP contribution in [0.4, 0.5) is 11.4 Å². The molecule has 2 amide bonds. The lowest BCUT2D eigenvalue weighted by molar-refractivity contribution is -0.122. The number of carbonyl (C=O) groups is 2. The number of benzene rings is 1. The van der Waals surface area contributed by atoms with Gasteiger partial charge in [-0.05, 0) is 48.7 Å². The van der Waals surface area contributed by atoms with Crippen LogP contribution >= 0.6 is 11.8 Å². The Labute approximate surface area is 166 Å². The number of amides is 2. The second-order valence-corrected chi connectivity index (χ2v) is 7.33. The van der Waals surface area contributed by atoms with Crippen molar-refractivity contribution in [2.45, 2.75) is 11.3 Å². The van der Waals surface area contributed by atoms with E-state index in [1.54, 1.807) is 52.1 Å². The van der Waals surface area contributed by atoms with E-state index in [0.717, 1.165) is 10.6 Å². The molecule has 1 aromatic carbocycles. The maximum Gasteiger partial charge on any atom is 0.229 e. The summed E-state index contributed by atoms with van der Waals surface area (Å²) in [5.41, 5.74) is 1.42. The molecule has 1 saturated heterocycles. The van der Waals surface area contributed by atoms with Crippen molar-refractivity contribution in [3.05, 3.63) is 61.1 Å². The minimum absolute atomic E-state index is 0.0378. The lowest BCUT2D eigenvalue weighted by Gasteiger charge is -2.17. The van der Waals surface area contributed by atoms with Crippen LogP contribution in [0.25, 0.3) is 5.82 Å². The van der Waals surface area contributed by atoms with Crippen LogP contribution in [-0.2, 0) is 9.59 Å². The van der Waals surface area contributed by atoms with Gasteiger partial charge in [0.2, 0.25) is 11.8 Å². The quantitative estimate of drug-likeness (QED) is 0.674. The van der Waals surface area contributed by atoms with Gasteiger partial charge in [-0.25, -0.2) is 9.67 Å². The van der Waals surface area contributed by atoms with Gasteiger partial charge >= 0.3 is 0 Å². The van der Waals surface area contributed by atoms with Crippen molar-refractivity contribution in [1.29, 1.82) is 0 Å². The molecular formula is C20H19N5O2S. The first kappa shape index (κ1) is 18.2. The van der Waals surface area contributed by atoms with Gasteiger partial charge in [-0.3, -0.25) is 9.59 Å². The summed E-state index contributed by atoms with van der Waals surface area (Å²) in [5.74, 6) is 0.0619. The predicted octanol–water partition coefficient (Wildman–Crippen LogP) is 2.98. The maximum atomic E-state index is 12.6. The molecule has 1 aliphatic rings. The molecule has 0 radical (unpaired) electrons. The van der Waals surface area contributed by atoms with Crippen LogP contribution in [0.1, 0.15) is 6.42 Å². The molecule has 0 saturated carbocycles. The zero-order chi connectivity index (χ0) is 19.5. The molecule has 0 aliphatic carbocycles. The normalized spacial score (nSPS) is 16.4. The Morgan fingerprint density at radius 1 is 1.21 bits per heavy atom. The fourth-order valence-electron chi connectivity index (χ4n) is 3.14. The zero-order valence-electron chi connectivity index (χ0n) is 15.3. The molecular weight excluding hydrogens is 374 g/mol. The average Bonchev–Trinajstić information content (AvgIpc) is 3.39. The smallest absolute Gasteiger partial charge is 0.229 e. The lowest BCUT2D eigenvalue weighted by Crippen LogP contribution is -2.28. The number of carbonyl (C=O) groups excluding carboxylic acids is 2. The highest BCUT2D eigenvalue weighted by molar-refractivity contribution is 7.98. The Balaban J connectivity index is 1.40. The van der Waals surface area contributed by atoms with Crippen LogP contribution < -0.4 is 10.2 Å². The number of pyridine rings is 1. The topological polar surface area (TPSA) is 80.1 Å². The maximum absolute atomic E-state index is 12.6. The number of nitrogens with one attached hydrogen (secondary N) is 1. The number of rotatable bonds is 5. The van der Waals surface area contributed by atoms with Crippen molar-refractivity contribution in [1.82, 2.24) is 14.8 Å². The predicted molar refractivity (Wildman–Crippen MR) is 109 cm³/mol. The van der Waals surface area contributed by atoms with E-state index in [4.69, 9.17) is 0 Å². The number of nitrogens with zero attached hydrogens (tertiary/aromatic N) is 4. The number of thioether (sulfide) groups is 1. The molecule has 4 rings (SSSR count). The third kappa shape index (κ3) is 3.77. The molecule has 3 heterocycles. The Morgan fingerprint density at radius 3 is 2.68 bits per heavy atom. The van der Waals surface area contributed by atoms with Gasteiger partial charge < -0.3 is 10.2 Å². The Bertz CT molecular complexity index is 971. The van der Waals surface area contributed by atoms with Crippen molar-refractivity contribution >= 4 is 35.0 Å². The molecule has 3 aromatic rings. The second kappa shape index (κ2) is 7.85. The monoisotopic (exact) mass is 393 g/mol. The summed E-state index contributed by atoms with van der Waals surface area (Å²) in [6, 6.07) is 13.2. The first-order valence-corrected chi connectivity index (χ1v) is 10.1. The largest absolute Gasteiger partial charge is 0.324 e. The van der Waals surface area contributed by atoms with Gasteiger partial charge in [0.05, 0.1) is 17.8 Å². The van der Waals surface area contributed by atoms with Gasteiger partial charge in [0, 0.05) is 35.9 Å².